The van der Waals surface area contributed by atoms with E-state index < -0.39 is 0 Å². The predicted molar refractivity (Wildman–Crippen MR) is 58.9 cm³/mol. The Morgan fingerprint density at radius 2 is 2.07 bits per heavy atom. The number of carbonyl (C=O) groups is 1. The summed E-state index contributed by atoms with van der Waals surface area (Å²) >= 11 is 0. The number of hydrogen-bond donors (Lipinski definition) is 2. The Bertz CT molecular complexity index is 219. The number of piperazine rings is 1. The number of amides is 2. The maximum Gasteiger partial charge on any atom is 0.317 e. The van der Waals surface area contributed by atoms with E-state index in [2.05, 4.69) is 22.6 Å². The summed E-state index contributed by atoms with van der Waals surface area (Å²) in [6, 6.07) is 0.439. The summed E-state index contributed by atoms with van der Waals surface area (Å²) < 4.78 is 0. The van der Waals surface area contributed by atoms with Crippen molar-refractivity contribution in [3.63, 3.8) is 0 Å². The molecule has 5 nitrogen and oxygen atoms in total. The van der Waals surface area contributed by atoms with Crippen LogP contribution in [0.2, 0.25) is 0 Å². The molecule has 0 aromatic carbocycles. The van der Waals surface area contributed by atoms with E-state index in [-0.39, 0.29) is 6.03 Å². The summed E-state index contributed by atoms with van der Waals surface area (Å²) in [4.78, 5) is 16.0. The third-order valence-corrected chi connectivity index (χ3v) is 3.18. The fraction of sp³-hybridized carbons (Fsp3) is 0.900. The molecule has 2 amide bonds. The maximum absolute atomic E-state index is 11.8. The van der Waals surface area contributed by atoms with Gasteiger partial charge in [-0.05, 0) is 20.0 Å². The zero-order valence-corrected chi connectivity index (χ0v) is 9.33. The minimum absolute atomic E-state index is 0.108. The second-order valence-corrected chi connectivity index (χ2v) is 4.43. The van der Waals surface area contributed by atoms with Gasteiger partial charge in [0.1, 0.15) is 0 Å². The van der Waals surface area contributed by atoms with E-state index in [4.69, 9.17) is 0 Å². The number of urea groups is 1. The molecule has 2 fully saturated rings. The second-order valence-electron chi connectivity index (χ2n) is 4.43. The van der Waals surface area contributed by atoms with E-state index in [1.165, 1.54) is 0 Å². The number of nitrogens with one attached hydrogen (secondary N) is 2. The van der Waals surface area contributed by atoms with Crippen LogP contribution in [0.3, 0.4) is 0 Å². The van der Waals surface area contributed by atoms with Crippen molar-refractivity contribution in [3.05, 3.63) is 0 Å². The third-order valence-electron chi connectivity index (χ3n) is 3.18. The van der Waals surface area contributed by atoms with Gasteiger partial charge >= 0.3 is 6.03 Å². The van der Waals surface area contributed by atoms with Crippen LogP contribution in [0, 0.1) is 0 Å². The highest BCUT2D eigenvalue weighted by Gasteiger charge is 2.22. The first-order valence-electron chi connectivity index (χ1n) is 5.70. The first kappa shape index (κ1) is 10.7. The van der Waals surface area contributed by atoms with Crippen LogP contribution in [-0.2, 0) is 0 Å². The Morgan fingerprint density at radius 1 is 1.33 bits per heavy atom. The minimum atomic E-state index is 0.108. The lowest BCUT2D eigenvalue weighted by molar-refractivity contribution is 0.152. The average molecular weight is 212 g/mol. The molecule has 86 valence electrons. The fourth-order valence-corrected chi connectivity index (χ4v) is 2.05. The molecule has 0 spiro atoms. The molecule has 2 aliphatic heterocycles. The lowest BCUT2D eigenvalue weighted by Crippen LogP contribution is -2.52. The molecule has 0 saturated carbocycles. The number of hydrogen-bond acceptors (Lipinski definition) is 3. The second kappa shape index (κ2) is 4.81. The van der Waals surface area contributed by atoms with Gasteiger partial charge in [0.25, 0.3) is 0 Å². The van der Waals surface area contributed by atoms with Crippen molar-refractivity contribution in [2.75, 3.05) is 46.3 Å². The van der Waals surface area contributed by atoms with Gasteiger partial charge in [-0.25, -0.2) is 4.79 Å². The summed E-state index contributed by atoms with van der Waals surface area (Å²) in [5.41, 5.74) is 0. The molecular formula is C10H20N4O. The number of carbonyl (C=O) groups excluding carboxylic acids is 1. The molecule has 2 saturated heterocycles. The van der Waals surface area contributed by atoms with Crippen molar-refractivity contribution in [2.45, 2.75) is 12.5 Å². The summed E-state index contributed by atoms with van der Waals surface area (Å²) in [5.74, 6) is 0. The highest BCUT2D eigenvalue weighted by Crippen LogP contribution is 2.02. The Hall–Kier alpha value is -0.810. The van der Waals surface area contributed by atoms with Crippen molar-refractivity contribution in [1.82, 2.24) is 20.4 Å². The van der Waals surface area contributed by atoms with Gasteiger partial charge in [0, 0.05) is 38.8 Å². The van der Waals surface area contributed by atoms with Gasteiger partial charge in [-0.15, -0.1) is 0 Å². The number of nitrogens with zero attached hydrogens (tertiary/aromatic N) is 2. The topological polar surface area (TPSA) is 47.6 Å². The van der Waals surface area contributed by atoms with E-state index in [0.717, 1.165) is 45.7 Å². The van der Waals surface area contributed by atoms with Gasteiger partial charge in [-0.3, -0.25) is 0 Å². The molecule has 15 heavy (non-hydrogen) atoms. The maximum atomic E-state index is 11.8. The first-order chi connectivity index (χ1) is 7.25. The molecule has 0 aliphatic carbocycles. The molecule has 0 radical (unpaired) electrons. The Balaban J connectivity index is 1.75. The van der Waals surface area contributed by atoms with Crippen LogP contribution in [0.15, 0.2) is 0 Å². The van der Waals surface area contributed by atoms with Crippen LogP contribution in [0.25, 0.3) is 0 Å². The van der Waals surface area contributed by atoms with Crippen molar-refractivity contribution in [1.29, 1.82) is 0 Å². The van der Waals surface area contributed by atoms with Crippen LogP contribution in [-0.4, -0.2) is 68.2 Å². The summed E-state index contributed by atoms with van der Waals surface area (Å²) in [6.07, 6.45) is 1.06. The van der Waals surface area contributed by atoms with Crippen LogP contribution in [0.4, 0.5) is 4.79 Å². The zero-order valence-electron chi connectivity index (χ0n) is 9.33. The van der Waals surface area contributed by atoms with Crippen molar-refractivity contribution in [2.24, 2.45) is 0 Å². The first-order valence-corrected chi connectivity index (χ1v) is 5.70. The lowest BCUT2D eigenvalue weighted by atomic mass is 10.2. The molecule has 2 aliphatic rings. The number of rotatable bonds is 1. The van der Waals surface area contributed by atoms with Gasteiger partial charge in [0.2, 0.25) is 0 Å². The summed E-state index contributed by atoms with van der Waals surface area (Å²) in [5, 5.41) is 6.32. The van der Waals surface area contributed by atoms with Gasteiger partial charge in [0.05, 0.1) is 0 Å². The average Bonchev–Trinajstić information content (AvgIpc) is 2.71. The molecule has 1 atom stereocenters. The van der Waals surface area contributed by atoms with E-state index in [1.807, 2.05) is 4.90 Å². The van der Waals surface area contributed by atoms with Crippen molar-refractivity contribution >= 4 is 6.03 Å². The third kappa shape index (κ3) is 2.82. The highest BCUT2D eigenvalue weighted by atomic mass is 16.2. The Morgan fingerprint density at radius 3 is 2.67 bits per heavy atom. The van der Waals surface area contributed by atoms with E-state index in [1.54, 1.807) is 0 Å². The standard InChI is InChI=1S/C10H20N4O/c1-13-4-6-14(7-5-13)10(15)12-9-2-3-11-8-9/h9,11H,2-8H2,1H3,(H,12,15). The minimum Gasteiger partial charge on any atom is -0.334 e. The quantitative estimate of drug-likeness (QED) is 0.604. The molecule has 2 rings (SSSR count). The van der Waals surface area contributed by atoms with Crippen molar-refractivity contribution < 1.29 is 4.79 Å². The number of likely N-dealkylation sites (N-methyl/N-ethyl adjacent to an activating group) is 1. The monoisotopic (exact) mass is 212 g/mol. The van der Waals surface area contributed by atoms with Gasteiger partial charge in [0.15, 0.2) is 0 Å². The lowest BCUT2D eigenvalue weighted by Gasteiger charge is -2.33. The summed E-state index contributed by atoms with van der Waals surface area (Å²) in [6.45, 7) is 5.60. The van der Waals surface area contributed by atoms with E-state index >= 15 is 0 Å². The Labute approximate surface area is 90.8 Å². The van der Waals surface area contributed by atoms with Gasteiger partial charge < -0.3 is 20.4 Å². The highest BCUT2D eigenvalue weighted by molar-refractivity contribution is 5.74. The zero-order chi connectivity index (χ0) is 10.7. The van der Waals surface area contributed by atoms with Crippen molar-refractivity contribution in [3.8, 4) is 0 Å². The predicted octanol–water partition coefficient (Wildman–Crippen LogP) is -0.695. The van der Waals surface area contributed by atoms with Crippen LogP contribution in [0.1, 0.15) is 6.42 Å². The van der Waals surface area contributed by atoms with Crippen LogP contribution >= 0.6 is 0 Å². The van der Waals surface area contributed by atoms with Crippen LogP contribution < -0.4 is 10.6 Å². The fourth-order valence-electron chi connectivity index (χ4n) is 2.05. The normalized spacial score (nSPS) is 28.1. The molecule has 0 aromatic rings. The van der Waals surface area contributed by atoms with Crippen LogP contribution in [0.5, 0.6) is 0 Å². The molecule has 0 aromatic heterocycles. The smallest absolute Gasteiger partial charge is 0.317 e. The van der Waals surface area contributed by atoms with Gasteiger partial charge in [-0.2, -0.15) is 0 Å². The summed E-state index contributed by atoms with van der Waals surface area (Å²) in [7, 11) is 2.09. The molecule has 2 heterocycles. The van der Waals surface area contributed by atoms with Gasteiger partial charge in [-0.1, -0.05) is 0 Å². The van der Waals surface area contributed by atoms with E-state index in [9.17, 15) is 4.79 Å². The molecule has 2 N–H and O–H groups in total. The molecule has 1 unspecified atom stereocenters. The molecule has 0 bridgehead atoms. The molecule has 5 heteroatoms. The Kier molecular flexibility index (Phi) is 3.43. The molecular weight excluding hydrogens is 192 g/mol. The SMILES string of the molecule is CN1CCN(C(=O)NC2CCNC2)CC1. The largest absolute Gasteiger partial charge is 0.334 e. The van der Waals surface area contributed by atoms with E-state index in [0.29, 0.717) is 6.04 Å².